The number of hydrogen-bond donors (Lipinski definition) is 2. The number of nitrogens with two attached hydrogens (primary N) is 1. The van der Waals surface area contributed by atoms with Crippen molar-refractivity contribution in [2.75, 3.05) is 6.54 Å². The lowest BCUT2D eigenvalue weighted by Crippen LogP contribution is -2.61. The smallest absolute Gasteiger partial charge is 0.154 e. The number of aliphatic carboxylic acids is 1. The van der Waals surface area contributed by atoms with Gasteiger partial charge in [0, 0.05) is 23.6 Å². The SMILES string of the molecule is CC1(C)SC2C(CC(=O)C(N)c3ccc(O)cc3)CN2C1C(=O)[O-]. The second-order valence-electron chi connectivity index (χ2n) is 7.03. The van der Waals surface area contributed by atoms with Crippen LogP contribution in [0, 0.1) is 5.92 Å². The van der Waals surface area contributed by atoms with Crippen LogP contribution in [0.1, 0.15) is 31.9 Å². The average molecular weight is 349 g/mol. The van der Waals surface area contributed by atoms with E-state index in [0.717, 1.165) is 0 Å². The number of hydrogen-bond acceptors (Lipinski definition) is 7. The van der Waals surface area contributed by atoms with Crippen LogP contribution in [0.15, 0.2) is 24.3 Å². The van der Waals surface area contributed by atoms with Gasteiger partial charge in [-0.2, -0.15) is 0 Å². The van der Waals surface area contributed by atoms with Gasteiger partial charge in [-0.1, -0.05) is 12.1 Å². The summed E-state index contributed by atoms with van der Waals surface area (Å²) in [5.41, 5.74) is 6.69. The van der Waals surface area contributed by atoms with Crippen molar-refractivity contribution in [1.82, 2.24) is 4.90 Å². The summed E-state index contributed by atoms with van der Waals surface area (Å²) < 4.78 is -0.430. The first-order chi connectivity index (χ1) is 11.2. The quantitative estimate of drug-likeness (QED) is 0.785. The predicted octanol–water partition coefficient (Wildman–Crippen LogP) is 0.253. The molecule has 1 aromatic carbocycles. The number of phenolic OH excluding ortho intramolecular Hbond substituents is 1. The lowest BCUT2D eigenvalue weighted by Gasteiger charge is -2.46. The van der Waals surface area contributed by atoms with Crippen molar-refractivity contribution >= 4 is 23.5 Å². The molecule has 2 fully saturated rings. The van der Waals surface area contributed by atoms with E-state index in [9.17, 15) is 19.8 Å². The molecular formula is C17H21N2O4S-. The van der Waals surface area contributed by atoms with Crippen molar-refractivity contribution in [3.05, 3.63) is 29.8 Å². The fraction of sp³-hybridized carbons (Fsp3) is 0.529. The molecule has 0 saturated carbocycles. The van der Waals surface area contributed by atoms with Crippen LogP contribution in [0.5, 0.6) is 5.75 Å². The average Bonchev–Trinajstić information content (AvgIpc) is 2.72. The number of ketones is 1. The van der Waals surface area contributed by atoms with E-state index < -0.39 is 22.8 Å². The maximum Gasteiger partial charge on any atom is 0.154 e. The van der Waals surface area contributed by atoms with Gasteiger partial charge in [0.15, 0.2) is 5.78 Å². The molecule has 0 bridgehead atoms. The number of Topliss-reactive ketones (excluding diaryl/α,β-unsaturated/α-hetero) is 1. The van der Waals surface area contributed by atoms with Crippen LogP contribution in [0.4, 0.5) is 0 Å². The van der Waals surface area contributed by atoms with Crippen LogP contribution >= 0.6 is 11.8 Å². The van der Waals surface area contributed by atoms with Gasteiger partial charge in [0.05, 0.1) is 23.4 Å². The van der Waals surface area contributed by atoms with E-state index in [1.807, 2.05) is 18.7 Å². The van der Waals surface area contributed by atoms with Crippen molar-refractivity contribution in [3.63, 3.8) is 0 Å². The van der Waals surface area contributed by atoms with E-state index in [0.29, 0.717) is 18.5 Å². The van der Waals surface area contributed by atoms with Gasteiger partial charge in [-0.15, -0.1) is 11.8 Å². The Morgan fingerprint density at radius 1 is 1.42 bits per heavy atom. The minimum Gasteiger partial charge on any atom is -0.548 e. The normalized spacial score (nSPS) is 29.5. The number of phenols is 1. The molecule has 3 rings (SSSR count). The molecule has 130 valence electrons. The molecule has 2 aliphatic rings. The number of carbonyl (C=O) groups excluding carboxylic acids is 2. The van der Waals surface area contributed by atoms with Gasteiger partial charge in [0.2, 0.25) is 0 Å². The van der Waals surface area contributed by atoms with E-state index in [4.69, 9.17) is 5.73 Å². The molecule has 2 saturated heterocycles. The molecule has 0 spiro atoms. The third-order valence-electron chi connectivity index (χ3n) is 4.88. The molecule has 0 amide bonds. The molecule has 2 heterocycles. The molecule has 0 aliphatic carbocycles. The molecule has 2 aliphatic heterocycles. The van der Waals surface area contributed by atoms with Crippen LogP contribution in [-0.2, 0) is 9.59 Å². The number of benzene rings is 1. The molecule has 4 atom stereocenters. The van der Waals surface area contributed by atoms with Crippen LogP contribution in [0.25, 0.3) is 0 Å². The number of thioether (sulfide) groups is 1. The Morgan fingerprint density at radius 2 is 2.04 bits per heavy atom. The largest absolute Gasteiger partial charge is 0.548 e. The maximum absolute atomic E-state index is 12.5. The highest BCUT2D eigenvalue weighted by atomic mass is 32.2. The van der Waals surface area contributed by atoms with Gasteiger partial charge in [0.25, 0.3) is 0 Å². The summed E-state index contributed by atoms with van der Waals surface area (Å²) in [4.78, 5) is 25.7. The molecule has 1 aromatic rings. The summed E-state index contributed by atoms with van der Waals surface area (Å²) in [5, 5.41) is 20.7. The fourth-order valence-electron chi connectivity index (χ4n) is 3.63. The Labute approximate surface area is 145 Å². The van der Waals surface area contributed by atoms with Gasteiger partial charge in [-0.25, -0.2) is 0 Å². The molecule has 24 heavy (non-hydrogen) atoms. The molecule has 0 radical (unpaired) electrons. The molecule has 0 aromatic heterocycles. The maximum atomic E-state index is 12.5. The van der Waals surface area contributed by atoms with E-state index in [1.165, 1.54) is 12.1 Å². The zero-order valence-corrected chi connectivity index (χ0v) is 14.5. The molecule has 3 N–H and O–H groups in total. The summed E-state index contributed by atoms with van der Waals surface area (Å²) in [6.45, 7) is 4.38. The lowest BCUT2D eigenvalue weighted by molar-refractivity contribution is -0.313. The molecular weight excluding hydrogens is 328 g/mol. The number of rotatable bonds is 5. The van der Waals surface area contributed by atoms with Crippen molar-refractivity contribution in [1.29, 1.82) is 0 Å². The highest BCUT2D eigenvalue weighted by molar-refractivity contribution is 8.01. The van der Waals surface area contributed by atoms with Crippen molar-refractivity contribution in [2.45, 2.75) is 42.5 Å². The first kappa shape index (κ1) is 17.3. The van der Waals surface area contributed by atoms with Crippen molar-refractivity contribution in [2.24, 2.45) is 11.7 Å². The Kier molecular flexibility index (Phi) is 4.36. The number of carbonyl (C=O) groups is 2. The van der Waals surface area contributed by atoms with Crippen LogP contribution in [0.3, 0.4) is 0 Å². The van der Waals surface area contributed by atoms with Crippen LogP contribution < -0.4 is 10.8 Å². The summed E-state index contributed by atoms with van der Waals surface area (Å²) in [5.74, 6) is -0.888. The first-order valence-corrected chi connectivity index (χ1v) is 8.80. The third kappa shape index (κ3) is 2.92. The number of carboxylic acid groups (broad SMARTS) is 1. The van der Waals surface area contributed by atoms with E-state index in [2.05, 4.69) is 0 Å². The van der Waals surface area contributed by atoms with Gasteiger partial charge in [0.1, 0.15) is 5.75 Å². The number of nitrogens with zero attached hydrogens (tertiary/aromatic N) is 1. The van der Waals surface area contributed by atoms with Gasteiger partial charge in [-0.05, 0) is 31.5 Å². The van der Waals surface area contributed by atoms with Crippen LogP contribution in [-0.4, -0.2) is 44.5 Å². The Morgan fingerprint density at radius 3 is 2.62 bits per heavy atom. The van der Waals surface area contributed by atoms with Crippen LogP contribution in [0.2, 0.25) is 0 Å². The highest BCUT2D eigenvalue weighted by Gasteiger charge is 2.56. The minimum absolute atomic E-state index is 0.0267. The lowest BCUT2D eigenvalue weighted by atomic mass is 9.87. The highest BCUT2D eigenvalue weighted by Crippen LogP contribution is 2.53. The van der Waals surface area contributed by atoms with E-state index in [-0.39, 0.29) is 22.8 Å². The third-order valence-corrected chi connectivity index (χ3v) is 6.60. The second-order valence-corrected chi connectivity index (χ2v) is 8.80. The van der Waals surface area contributed by atoms with Gasteiger partial charge in [-0.3, -0.25) is 9.69 Å². The topological polar surface area (TPSA) is 107 Å². The minimum atomic E-state index is -1.06. The fourth-order valence-corrected chi connectivity index (χ4v) is 5.33. The summed E-state index contributed by atoms with van der Waals surface area (Å²) >= 11 is 1.59. The van der Waals surface area contributed by atoms with Crippen molar-refractivity contribution in [3.8, 4) is 5.75 Å². The zero-order valence-electron chi connectivity index (χ0n) is 13.6. The van der Waals surface area contributed by atoms with Gasteiger partial charge < -0.3 is 20.7 Å². The number of fused-ring (bicyclic) bond motifs is 1. The van der Waals surface area contributed by atoms with Gasteiger partial charge >= 0.3 is 0 Å². The Hall–Kier alpha value is -1.57. The summed E-state index contributed by atoms with van der Waals surface area (Å²) in [6, 6.07) is 4.95. The van der Waals surface area contributed by atoms with E-state index >= 15 is 0 Å². The standard InChI is InChI=1S/C17H22N2O4S/c1-17(2)14(16(22)23)19-8-10(15(19)24-17)7-12(21)13(18)9-3-5-11(20)6-4-9/h3-6,10,13-15,20H,7-8,18H2,1-2H3,(H,22,23)/p-1. The second kappa shape index (κ2) is 6.06. The zero-order chi connectivity index (χ0) is 17.6. The Balaban J connectivity index is 1.63. The summed E-state index contributed by atoms with van der Waals surface area (Å²) in [6.07, 6.45) is 0.325. The molecule has 6 nitrogen and oxygen atoms in total. The monoisotopic (exact) mass is 349 g/mol. The number of aromatic hydroxyl groups is 1. The number of carboxylic acids is 1. The molecule has 4 unspecified atom stereocenters. The predicted molar refractivity (Wildman–Crippen MR) is 89.1 cm³/mol. The first-order valence-electron chi connectivity index (χ1n) is 7.92. The van der Waals surface area contributed by atoms with E-state index in [1.54, 1.807) is 23.9 Å². The Bertz CT molecular complexity index is 661. The molecule has 7 heteroatoms. The van der Waals surface area contributed by atoms with Crippen molar-refractivity contribution < 1.29 is 19.8 Å². The summed E-state index contributed by atoms with van der Waals surface area (Å²) in [7, 11) is 0.